The van der Waals surface area contributed by atoms with E-state index in [0.29, 0.717) is 12.0 Å². The number of alkyl halides is 7. The monoisotopic (exact) mass is 386 g/mol. The number of Topliss-reactive ketones (excluding diaryl/α,β-unsaturated/α-hetero) is 1. The van der Waals surface area contributed by atoms with Gasteiger partial charge in [-0.3, -0.25) is 4.79 Å². The molecule has 1 aromatic rings. The average molecular weight is 386 g/mol. The van der Waals surface area contributed by atoms with Gasteiger partial charge in [0.25, 0.3) is 0 Å². The highest BCUT2D eigenvalue weighted by Crippen LogP contribution is 2.47. The number of rotatable bonds is 5. The highest BCUT2D eigenvalue weighted by Gasteiger charge is 2.75. The molecule has 1 heterocycles. The van der Waals surface area contributed by atoms with Crippen molar-refractivity contribution in [3.63, 3.8) is 0 Å². The smallest absolute Gasteiger partial charge is 0.460 e. The van der Waals surface area contributed by atoms with Crippen LogP contribution in [-0.2, 0) is 4.84 Å². The maximum absolute atomic E-state index is 13.6. The summed E-state index contributed by atoms with van der Waals surface area (Å²) in [6.07, 6.45) is -6.06. The van der Waals surface area contributed by atoms with E-state index in [1.165, 1.54) is 31.4 Å². The molecule has 26 heavy (non-hydrogen) atoms. The van der Waals surface area contributed by atoms with Crippen LogP contribution in [0, 0.1) is 0 Å². The Labute approximate surface area is 141 Å². The topological polar surface area (TPSA) is 59.9 Å². The van der Waals surface area contributed by atoms with Crippen LogP contribution >= 0.6 is 0 Å². The molecule has 0 saturated carbocycles. The summed E-state index contributed by atoms with van der Waals surface area (Å²) in [5.74, 6) is -15.1. The van der Waals surface area contributed by atoms with Gasteiger partial charge in [0.15, 0.2) is 5.70 Å². The van der Waals surface area contributed by atoms with E-state index in [-0.39, 0.29) is 5.56 Å². The van der Waals surface area contributed by atoms with Crippen molar-refractivity contribution in [3.8, 4) is 5.75 Å². The lowest BCUT2D eigenvalue weighted by Crippen LogP contribution is -2.59. The maximum atomic E-state index is 13.6. The quantitative estimate of drug-likeness (QED) is 0.622. The number of nitrogens with zero attached hydrogens (tertiary/aromatic N) is 1. The predicted octanol–water partition coefficient (Wildman–Crippen LogP) is 3.49. The first-order valence-electron chi connectivity index (χ1n) is 6.64. The largest absolute Gasteiger partial charge is 0.497 e. The predicted molar refractivity (Wildman–Crippen MR) is 73.0 cm³/mol. The Hall–Kier alpha value is -2.79. The van der Waals surface area contributed by atoms with E-state index < -0.39 is 35.3 Å². The lowest BCUT2D eigenvalue weighted by atomic mass is 10.1. The molecule has 0 atom stereocenters. The molecular formula is C14H9F7N2O3. The van der Waals surface area contributed by atoms with E-state index in [9.17, 15) is 35.5 Å². The molecule has 1 aliphatic heterocycles. The zero-order valence-electron chi connectivity index (χ0n) is 12.7. The number of allylic oxidation sites excluding steroid dienone is 1. The summed E-state index contributed by atoms with van der Waals surface area (Å²) in [6.45, 7) is 0. The summed E-state index contributed by atoms with van der Waals surface area (Å²) < 4.78 is 94.9. The second kappa shape index (κ2) is 6.50. The SMILES string of the molecule is COc1ccc(C(=O)C2=CONC(C(F)(F)C(F)(F)C(F)(F)F)=N2)cc1. The fraction of sp³-hybridized carbons (Fsp3) is 0.286. The van der Waals surface area contributed by atoms with E-state index in [1.807, 2.05) is 0 Å². The van der Waals surface area contributed by atoms with E-state index in [0.717, 1.165) is 5.48 Å². The molecule has 1 aliphatic rings. The number of ether oxygens (including phenoxy) is 1. The first-order chi connectivity index (χ1) is 11.9. The number of amidine groups is 1. The fourth-order valence-corrected chi connectivity index (χ4v) is 1.77. The third-order valence-electron chi connectivity index (χ3n) is 3.19. The van der Waals surface area contributed by atoms with Gasteiger partial charge < -0.3 is 9.57 Å². The van der Waals surface area contributed by atoms with Gasteiger partial charge in [-0.1, -0.05) is 0 Å². The van der Waals surface area contributed by atoms with Gasteiger partial charge in [-0.25, -0.2) is 10.5 Å². The molecule has 0 amide bonds. The molecule has 0 radical (unpaired) electrons. The van der Waals surface area contributed by atoms with Crippen LogP contribution in [0.25, 0.3) is 0 Å². The number of ketones is 1. The van der Waals surface area contributed by atoms with E-state index in [1.54, 1.807) is 0 Å². The van der Waals surface area contributed by atoms with Gasteiger partial charge in [0.1, 0.15) is 12.0 Å². The molecule has 12 heteroatoms. The number of carbonyl (C=O) groups is 1. The number of nitrogens with one attached hydrogen (secondary N) is 1. The van der Waals surface area contributed by atoms with Crippen molar-refractivity contribution < 1.29 is 45.1 Å². The van der Waals surface area contributed by atoms with Crippen molar-refractivity contribution in [3.05, 3.63) is 41.8 Å². The Balaban J connectivity index is 2.34. The van der Waals surface area contributed by atoms with Crippen LogP contribution in [0.5, 0.6) is 5.75 Å². The van der Waals surface area contributed by atoms with Crippen molar-refractivity contribution >= 4 is 11.6 Å². The number of hydrogen-bond donors (Lipinski definition) is 1. The van der Waals surface area contributed by atoms with Crippen LogP contribution in [0.4, 0.5) is 30.7 Å². The maximum Gasteiger partial charge on any atom is 0.460 e. The summed E-state index contributed by atoms with van der Waals surface area (Å²) in [6, 6.07) is 5.10. The van der Waals surface area contributed by atoms with Crippen LogP contribution in [0.3, 0.4) is 0 Å². The van der Waals surface area contributed by atoms with Crippen molar-refractivity contribution in [2.24, 2.45) is 4.99 Å². The molecule has 1 aromatic carbocycles. The van der Waals surface area contributed by atoms with Gasteiger partial charge in [0.05, 0.1) is 7.11 Å². The molecule has 0 spiro atoms. The second-order valence-corrected chi connectivity index (χ2v) is 4.89. The van der Waals surface area contributed by atoms with Gasteiger partial charge in [-0.15, -0.1) is 0 Å². The lowest BCUT2D eigenvalue weighted by molar-refractivity contribution is -0.337. The van der Waals surface area contributed by atoms with Crippen LogP contribution in [0.1, 0.15) is 10.4 Å². The number of carbonyl (C=O) groups excluding carboxylic acids is 1. The number of hydroxylamine groups is 1. The van der Waals surface area contributed by atoms with Gasteiger partial charge in [-0.05, 0) is 24.3 Å². The Morgan fingerprint density at radius 1 is 1.08 bits per heavy atom. The Kier molecular flexibility index (Phi) is 4.88. The molecule has 142 valence electrons. The number of halogens is 7. The minimum Gasteiger partial charge on any atom is -0.497 e. The summed E-state index contributed by atoms with van der Waals surface area (Å²) in [7, 11) is 1.35. The highest BCUT2D eigenvalue weighted by molar-refractivity contribution is 6.10. The van der Waals surface area contributed by atoms with Crippen LogP contribution in [0.2, 0.25) is 0 Å². The molecule has 2 rings (SSSR count). The van der Waals surface area contributed by atoms with Gasteiger partial charge in [-0.2, -0.15) is 30.7 Å². The number of benzene rings is 1. The Morgan fingerprint density at radius 2 is 1.65 bits per heavy atom. The van der Waals surface area contributed by atoms with Crippen molar-refractivity contribution in [2.75, 3.05) is 7.11 Å². The fourth-order valence-electron chi connectivity index (χ4n) is 1.77. The molecule has 1 N–H and O–H groups in total. The Bertz CT molecular complexity index is 755. The number of methoxy groups -OCH3 is 1. The van der Waals surface area contributed by atoms with Crippen LogP contribution in [0.15, 0.2) is 41.2 Å². The van der Waals surface area contributed by atoms with E-state index >= 15 is 0 Å². The summed E-state index contributed by atoms with van der Waals surface area (Å²) in [5.41, 5.74) is 0.148. The zero-order valence-corrected chi connectivity index (χ0v) is 12.7. The van der Waals surface area contributed by atoms with Gasteiger partial charge >= 0.3 is 18.0 Å². The first kappa shape index (κ1) is 19.5. The second-order valence-electron chi connectivity index (χ2n) is 4.89. The molecule has 0 aromatic heterocycles. The number of aliphatic imine (C=N–C) groups is 1. The van der Waals surface area contributed by atoms with E-state index in [4.69, 9.17) is 4.74 Å². The molecular weight excluding hydrogens is 377 g/mol. The molecule has 5 nitrogen and oxygen atoms in total. The standard InChI is InChI=1S/C14H9F7N2O3/c1-25-8-4-2-7(3-5-8)10(24)9-6-26-23-11(22-9)12(15,16)13(17,18)14(19,20)21/h2-6H,1H3,(H,22,23). The first-order valence-corrected chi connectivity index (χ1v) is 6.64. The van der Waals surface area contributed by atoms with Crippen molar-refractivity contribution in [1.29, 1.82) is 0 Å². The molecule has 0 unspecified atom stereocenters. The van der Waals surface area contributed by atoms with Crippen LogP contribution < -0.4 is 10.2 Å². The average Bonchev–Trinajstić information content (AvgIpc) is 2.60. The minimum absolute atomic E-state index is 0.114. The summed E-state index contributed by atoms with van der Waals surface area (Å²) in [5, 5.41) is 0. The lowest BCUT2D eigenvalue weighted by Gasteiger charge is -2.29. The summed E-state index contributed by atoms with van der Waals surface area (Å²) in [4.78, 5) is 19.2. The molecule has 0 aliphatic carbocycles. The van der Waals surface area contributed by atoms with E-state index in [2.05, 4.69) is 9.83 Å². The summed E-state index contributed by atoms with van der Waals surface area (Å²) >= 11 is 0. The molecule has 0 bridgehead atoms. The van der Waals surface area contributed by atoms with Gasteiger partial charge in [0.2, 0.25) is 11.6 Å². The van der Waals surface area contributed by atoms with Crippen molar-refractivity contribution in [1.82, 2.24) is 5.48 Å². The third kappa shape index (κ3) is 3.30. The minimum atomic E-state index is -6.55. The van der Waals surface area contributed by atoms with Crippen LogP contribution in [-0.4, -0.2) is 36.8 Å². The zero-order chi connectivity index (χ0) is 19.8. The molecule has 0 fully saturated rings. The Morgan fingerprint density at radius 3 is 2.15 bits per heavy atom. The highest BCUT2D eigenvalue weighted by atomic mass is 19.4. The van der Waals surface area contributed by atoms with Crippen molar-refractivity contribution in [2.45, 2.75) is 18.0 Å². The third-order valence-corrected chi connectivity index (χ3v) is 3.19. The normalized spacial score (nSPS) is 15.4. The number of hydrogen-bond acceptors (Lipinski definition) is 5. The molecule has 0 saturated heterocycles. The van der Waals surface area contributed by atoms with Gasteiger partial charge in [0, 0.05) is 5.56 Å².